The maximum Gasteiger partial charge on any atom is 0.255 e. The summed E-state index contributed by atoms with van der Waals surface area (Å²) >= 11 is 12.5. The molecule has 3 aromatic rings. The molecular formula is C23H22Cl2N4O3. The number of rotatable bonds is 4. The molecule has 3 N–H and O–H groups in total. The minimum Gasteiger partial charge on any atom is -0.376 e. The number of fused-ring (bicyclic) bond motifs is 2. The summed E-state index contributed by atoms with van der Waals surface area (Å²) in [7, 11) is 1.53. The summed E-state index contributed by atoms with van der Waals surface area (Å²) in [5.41, 5.74) is 2.69. The second-order valence-electron chi connectivity index (χ2n) is 7.70. The van der Waals surface area contributed by atoms with Crippen LogP contribution in [-0.4, -0.2) is 41.8 Å². The van der Waals surface area contributed by atoms with E-state index in [0.717, 1.165) is 11.1 Å². The Morgan fingerprint density at radius 3 is 2.72 bits per heavy atom. The summed E-state index contributed by atoms with van der Waals surface area (Å²) in [6, 6.07) is 8.48. The van der Waals surface area contributed by atoms with Gasteiger partial charge in [-0.1, -0.05) is 23.2 Å². The Kier molecular flexibility index (Phi) is 6.13. The SMILES string of the molecule is CNC(=O)c1c[nH]c(=O)c2ccc(NCC(=O)N3CCc4cc(Cl)cc(Cl)c4C3C)cc12. The predicted octanol–water partition coefficient (Wildman–Crippen LogP) is 3.75. The van der Waals surface area contributed by atoms with Gasteiger partial charge in [-0.2, -0.15) is 0 Å². The highest BCUT2D eigenvalue weighted by Crippen LogP contribution is 2.36. The van der Waals surface area contributed by atoms with Gasteiger partial charge in [-0.25, -0.2) is 0 Å². The van der Waals surface area contributed by atoms with Gasteiger partial charge in [-0.15, -0.1) is 0 Å². The minimum atomic E-state index is -0.308. The molecule has 0 saturated carbocycles. The number of halogens is 2. The van der Waals surface area contributed by atoms with Gasteiger partial charge >= 0.3 is 0 Å². The van der Waals surface area contributed by atoms with Gasteiger partial charge in [0.05, 0.1) is 18.2 Å². The number of hydrogen-bond donors (Lipinski definition) is 3. The first-order chi connectivity index (χ1) is 15.3. The molecule has 7 nitrogen and oxygen atoms in total. The van der Waals surface area contributed by atoms with Crippen LogP contribution in [-0.2, 0) is 11.2 Å². The number of carbonyl (C=O) groups excluding carboxylic acids is 2. The molecule has 2 amide bonds. The third-order valence-electron chi connectivity index (χ3n) is 5.83. The van der Waals surface area contributed by atoms with Crippen molar-refractivity contribution in [3.63, 3.8) is 0 Å². The highest BCUT2D eigenvalue weighted by Gasteiger charge is 2.29. The summed E-state index contributed by atoms with van der Waals surface area (Å²) < 4.78 is 0. The van der Waals surface area contributed by atoms with Crippen LogP contribution in [0.15, 0.2) is 41.3 Å². The summed E-state index contributed by atoms with van der Waals surface area (Å²) in [6.07, 6.45) is 2.07. The van der Waals surface area contributed by atoms with Crippen LogP contribution in [0.5, 0.6) is 0 Å². The van der Waals surface area contributed by atoms with E-state index in [4.69, 9.17) is 23.2 Å². The van der Waals surface area contributed by atoms with Crippen molar-refractivity contribution in [2.45, 2.75) is 19.4 Å². The highest BCUT2D eigenvalue weighted by atomic mass is 35.5. The maximum atomic E-state index is 13.0. The molecule has 1 unspecified atom stereocenters. The van der Waals surface area contributed by atoms with Crippen molar-refractivity contribution in [2.75, 3.05) is 25.5 Å². The largest absolute Gasteiger partial charge is 0.376 e. The minimum absolute atomic E-state index is 0.0644. The Balaban J connectivity index is 1.54. The lowest BCUT2D eigenvalue weighted by Crippen LogP contribution is -2.41. The lowest BCUT2D eigenvalue weighted by molar-refractivity contribution is -0.131. The molecule has 0 aliphatic carbocycles. The molecule has 2 aromatic carbocycles. The third kappa shape index (κ3) is 4.06. The molecule has 0 saturated heterocycles. The lowest BCUT2D eigenvalue weighted by atomic mass is 9.93. The first-order valence-corrected chi connectivity index (χ1v) is 10.9. The number of nitrogens with zero attached hydrogens (tertiary/aromatic N) is 1. The first kappa shape index (κ1) is 22.2. The number of pyridine rings is 1. The van der Waals surface area contributed by atoms with Crippen molar-refractivity contribution in [1.82, 2.24) is 15.2 Å². The molecule has 0 bridgehead atoms. The average molecular weight is 473 g/mol. The van der Waals surface area contributed by atoms with Crippen molar-refractivity contribution in [3.05, 3.63) is 73.6 Å². The van der Waals surface area contributed by atoms with Crippen LogP contribution < -0.4 is 16.2 Å². The molecule has 9 heteroatoms. The Morgan fingerprint density at radius 2 is 1.97 bits per heavy atom. The van der Waals surface area contributed by atoms with Gasteiger partial charge in [0.1, 0.15) is 0 Å². The molecule has 1 aliphatic rings. The smallest absolute Gasteiger partial charge is 0.255 e. The quantitative estimate of drug-likeness (QED) is 0.538. The maximum absolute atomic E-state index is 13.0. The molecule has 32 heavy (non-hydrogen) atoms. The van der Waals surface area contributed by atoms with Gasteiger partial charge in [0.15, 0.2) is 0 Å². The number of aromatic amines is 1. The van der Waals surface area contributed by atoms with E-state index in [1.54, 1.807) is 29.2 Å². The van der Waals surface area contributed by atoms with Crippen LogP contribution >= 0.6 is 23.2 Å². The monoisotopic (exact) mass is 472 g/mol. The Labute approximate surface area is 194 Å². The van der Waals surface area contributed by atoms with Gasteiger partial charge in [0, 0.05) is 46.3 Å². The van der Waals surface area contributed by atoms with Gasteiger partial charge in [0.2, 0.25) is 5.91 Å². The average Bonchev–Trinajstić information content (AvgIpc) is 2.77. The fourth-order valence-electron chi connectivity index (χ4n) is 4.21. The summed E-state index contributed by atoms with van der Waals surface area (Å²) in [4.78, 5) is 41.6. The van der Waals surface area contributed by atoms with Crippen LogP contribution in [0.25, 0.3) is 10.8 Å². The van der Waals surface area contributed by atoms with Crippen molar-refractivity contribution in [3.8, 4) is 0 Å². The zero-order chi connectivity index (χ0) is 23.0. The van der Waals surface area contributed by atoms with E-state index in [1.165, 1.54) is 13.2 Å². The van der Waals surface area contributed by atoms with E-state index in [9.17, 15) is 14.4 Å². The van der Waals surface area contributed by atoms with E-state index in [2.05, 4.69) is 15.6 Å². The van der Waals surface area contributed by atoms with Crippen LogP contribution in [0.2, 0.25) is 10.0 Å². The van der Waals surface area contributed by atoms with E-state index in [-0.39, 0.29) is 30.0 Å². The number of benzene rings is 2. The van der Waals surface area contributed by atoms with Gasteiger partial charge in [0.25, 0.3) is 11.5 Å². The summed E-state index contributed by atoms with van der Waals surface area (Å²) in [5, 5.41) is 7.74. The van der Waals surface area contributed by atoms with E-state index >= 15 is 0 Å². The number of hydrogen-bond acceptors (Lipinski definition) is 4. The molecule has 1 aliphatic heterocycles. The molecule has 4 rings (SSSR count). The number of H-pyrrole nitrogens is 1. The number of anilines is 1. The van der Waals surface area contributed by atoms with Crippen molar-refractivity contribution in [2.24, 2.45) is 0 Å². The highest BCUT2D eigenvalue weighted by molar-refractivity contribution is 6.35. The number of aromatic nitrogens is 1. The number of nitrogens with one attached hydrogen (secondary N) is 3. The molecule has 2 heterocycles. The molecule has 0 fully saturated rings. The lowest BCUT2D eigenvalue weighted by Gasteiger charge is -2.36. The van der Waals surface area contributed by atoms with Crippen molar-refractivity contribution < 1.29 is 9.59 Å². The standard InChI is InChI=1S/C23H22Cl2N4O3/c1-12-21-13(7-14(24)8-19(21)25)5-6-29(12)20(30)11-27-15-3-4-16-17(9-15)18(22(31)26-2)10-28-23(16)32/h3-4,7-10,12,27H,5-6,11H2,1-2H3,(H,26,31)(H,28,32). The molecule has 1 atom stereocenters. The Bertz CT molecular complexity index is 1290. The van der Waals surface area contributed by atoms with Crippen LogP contribution in [0, 0.1) is 0 Å². The number of amides is 2. The third-order valence-corrected chi connectivity index (χ3v) is 6.36. The van der Waals surface area contributed by atoms with E-state index < -0.39 is 0 Å². The van der Waals surface area contributed by atoms with Gasteiger partial charge < -0.3 is 20.5 Å². The van der Waals surface area contributed by atoms with E-state index in [1.807, 2.05) is 13.0 Å². The van der Waals surface area contributed by atoms with Gasteiger partial charge in [-0.05, 0) is 54.8 Å². The molecule has 166 valence electrons. The molecular weight excluding hydrogens is 451 g/mol. The summed E-state index contributed by atoms with van der Waals surface area (Å²) in [6.45, 7) is 2.59. The first-order valence-electron chi connectivity index (χ1n) is 10.2. The Morgan fingerprint density at radius 1 is 1.19 bits per heavy atom. The van der Waals surface area contributed by atoms with Crippen molar-refractivity contribution in [1.29, 1.82) is 0 Å². The van der Waals surface area contributed by atoms with Crippen LogP contribution in [0.1, 0.15) is 34.5 Å². The second kappa shape index (κ2) is 8.84. The van der Waals surface area contributed by atoms with Crippen LogP contribution in [0.4, 0.5) is 5.69 Å². The number of carbonyl (C=O) groups is 2. The Hall–Kier alpha value is -3.03. The fourth-order valence-corrected chi connectivity index (χ4v) is 4.91. The van der Waals surface area contributed by atoms with Gasteiger partial charge in [-0.3, -0.25) is 14.4 Å². The van der Waals surface area contributed by atoms with E-state index in [0.29, 0.717) is 45.0 Å². The molecule has 0 spiro atoms. The molecule has 0 radical (unpaired) electrons. The van der Waals surface area contributed by atoms with Crippen LogP contribution in [0.3, 0.4) is 0 Å². The second-order valence-corrected chi connectivity index (χ2v) is 8.54. The summed E-state index contributed by atoms with van der Waals surface area (Å²) in [5.74, 6) is -0.385. The normalized spacial score (nSPS) is 15.4. The zero-order valence-corrected chi connectivity index (χ0v) is 19.1. The molecule has 1 aromatic heterocycles. The fraction of sp³-hybridized carbons (Fsp3) is 0.261. The van der Waals surface area contributed by atoms with Crippen molar-refractivity contribution >= 4 is 51.5 Å². The zero-order valence-electron chi connectivity index (χ0n) is 17.6. The predicted molar refractivity (Wildman–Crippen MR) is 127 cm³/mol. The topological polar surface area (TPSA) is 94.3 Å².